The molecule has 0 spiro atoms. The number of furan rings is 1. The van der Waals surface area contributed by atoms with Gasteiger partial charge >= 0.3 is 0 Å². The standard InChI is InChI=1S/C51H33N3O/c1-4-13-35-28-39(23-20-32(35)10-1)44-27-26-43(47-45-18-7-8-19-46(45)55-48(44)47)38-16-9-17-40(31-38)49-52-50(41-24-21-33-11-2-5-14-36(33)29-41)54-51(53-49)42-25-22-34-12-3-6-15-37(34)30-42/h1-24,26-31,42H,25H2. The Morgan fingerprint density at radius 3 is 1.85 bits per heavy atom. The van der Waals surface area contributed by atoms with Gasteiger partial charge in [-0.25, -0.2) is 15.0 Å². The zero-order valence-corrected chi connectivity index (χ0v) is 29.9. The van der Waals surface area contributed by atoms with Crippen molar-refractivity contribution in [3.63, 3.8) is 0 Å². The van der Waals surface area contributed by atoms with Gasteiger partial charge < -0.3 is 4.42 Å². The number of para-hydroxylation sites is 1. The van der Waals surface area contributed by atoms with Crippen LogP contribution in [0.3, 0.4) is 0 Å². The van der Waals surface area contributed by atoms with Crippen LogP contribution in [0.5, 0.6) is 0 Å². The van der Waals surface area contributed by atoms with Crippen LogP contribution < -0.4 is 10.4 Å². The smallest absolute Gasteiger partial charge is 0.163 e. The van der Waals surface area contributed by atoms with Gasteiger partial charge in [-0.05, 0) is 85.4 Å². The summed E-state index contributed by atoms with van der Waals surface area (Å²) in [6.07, 6.45) is 5.42. The lowest BCUT2D eigenvalue weighted by Gasteiger charge is -2.16. The van der Waals surface area contributed by atoms with E-state index in [-0.39, 0.29) is 5.92 Å². The normalized spacial score (nSPS) is 13.9. The summed E-state index contributed by atoms with van der Waals surface area (Å²) < 4.78 is 6.69. The fourth-order valence-corrected chi connectivity index (χ4v) is 8.19. The van der Waals surface area contributed by atoms with E-state index in [9.17, 15) is 0 Å². The predicted octanol–water partition coefficient (Wildman–Crippen LogP) is 11.5. The second kappa shape index (κ2) is 12.8. The number of hydrogen-bond donors (Lipinski definition) is 0. The number of nitrogens with zero attached hydrogens (tertiary/aromatic N) is 3. The zero-order valence-electron chi connectivity index (χ0n) is 29.9. The molecule has 4 nitrogen and oxygen atoms in total. The zero-order chi connectivity index (χ0) is 36.3. The number of aromatic nitrogens is 3. The highest BCUT2D eigenvalue weighted by atomic mass is 16.3. The molecule has 0 aliphatic heterocycles. The number of fused-ring (bicyclic) bond motifs is 6. The Morgan fingerprint density at radius 1 is 0.455 bits per heavy atom. The monoisotopic (exact) mass is 703 g/mol. The first-order valence-electron chi connectivity index (χ1n) is 18.8. The third-order valence-electron chi connectivity index (χ3n) is 11.0. The third kappa shape index (κ3) is 5.50. The summed E-state index contributed by atoms with van der Waals surface area (Å²) in [5.41, 5.74) is 8.01. The van der Waals surface area contributed by atoms with Gasteiger partial charge in [0.1, 0.15) is 17.0 Å². The maximum Gasteiger partial charge on any atom is 0.163 e. The quantitative estimate of drug-likeness (QED) is 0.179. The maximum absolute atomic E-state index is 6.69. The van der Waals surface area contributed by atoms with Crippen LogP contribution in [0.4, 0.5) is 0 Å². The molecular weight excluding hydrogens is 671 g/mol. The number of rotatable bonds is 5. The Bertz CT molecular complexity index is 3270. The van der Waals surface area contributed by atoms with Crippen molar-refractivity contribution in [1.29, 1.82) is 0 Å². The maximum atomic E-state index is 6.69. The molecule has 0 N–H and O–H groups in total. The minimum atomic E-state index is 0.0265. The van der Waals surface area contributed by atoms with Crippen LogP contribution in [0.2, 0.25) is 0 Å². The molecular formula is C51H33N3O. The molecule has 55 heavy (non-hydrogen) atoms. The summed E-state index contributed by atoms with van der Waals surface area (Å²) in [5, 5.41) is 9.40. The third-order valence-corrected chi connectivity index (χ3v) is 11.0. The topological polar surface area (TPSA) is 51.8 Å². The fourth-order valence-electron chi connectivity index (χ4n) is 8.19. The molecule has 0 bridgehead atoms. The molecule has 10 aromatic rings. The highest BCUT2D eigenvalue weighted by Gasteiger charge is 2.21. The van der Waals surface area contributed by atoms with Crippen molar-refractivity contribution in [3.8, 4) is 45.0 Å². The van der Waals surface area contributed by atoms with Crippen molar-refractivity contribution in [2.75, 3.05) is 0 Å². The van der Waals surface area contributed by atoms with E-state index in [4.69, 9.17) is 19.4 Å². The molecule has 0 radical (unpaired) electrons. The lowest BCUT2D eigenvalue weighted by atomic mass is 9.93. The Hall–Kier alpha value is -7.17. The average Bonchev–Trinajstić information content (AvgIpc) is 3.65. The van der Waals surface area contributed by atoms with E-state index in [2.05, 4.69) is 176 Å². The Kier molecular flexibility index (Phi) is 7.27. The SMILES string of the molecule is C1=c2ccccc2=CC(c2nc(-c3cccc(-c4ccc(-c5ccc6ccccc6c5)c5oc6ccccc6c45)c3)nc(-c3ccc4ccccc4c3)n2)C1. The van der Waals surface area contributed by atoms with Gasteiger partial charge in [-0.3, -0.25) is 0 Å². The van der Waals surface area contributed by atoms with Crippen molar-refractivity contribution in [2.45, 2.75) is 12.3 Å². The van der Waals surface area contributed by atoms with Gasteiger partial charge in [0, 0.05) is 33.4 Å². The van der Waals surface area contributed by atoms with Crippen molar-refractivity contribution in [2.24, 2.45) is 0 Å². The average molecular weight is 704 g/mol. The molecule has 1 unspecified atom stereocenters. The van der Waals surface area contributed by atoms with Crippen LogP contribution in [0.25, 0.3) is 101 Å². The van der Waals surface area contributed by atoms with Gasteiger partial charge in [0.15, 0.2) is 11.6 Å². The summed E-state index contributed by atoms with van der Waals surface area (Å²) >= 11 is 0. The van der Waals surface area contributed by atoms with Gasteiger partial charge in [-0.1, -0.05) is 152 Å². The van der Waals surface area contributed by atoms with E-state index in [0.29, 0.717) is 11.6 Å². The van der Waals surface area contributed by atoms with Crippen molar-refractivity contribution >= 4 is 55.6 Å². The van der Waals surface area contributed by atoms with Gasteiger partial charge in [-0.2, -0.15) is 0 Å². The lowest BCUT2D eigenvalue weighted by molar-refractivity contribution is 0.670. The summed E-state index contributed by atoms with van der Waals surface area (Å²) in [5.74, 6) is 2.13. The Labute approximate surface area is 317 Å². The van der Waals surface area contributed by atoms with Crippen LogP contribution in [0.15, 0.2) is 174 Å². The molecule has 0 fully saturated rings. The van der Waals surface area contributed by atoms with E-state index in [1.165, 1.54) is 26.6 Å². The molecule has 2 aromatic heterocycles. The molecule has 1 aliphatic carbocycles. The molecule has 0 saturated heterocycles. The van der Waals surface area contributed by atoms with E-state index >= 15 is 0 Å². The summed E-state index contributed by atoms with van der Waals surface area (Å²) in [6.45, 7) is 0. The van der Waals surface area contributed by atoms with Gasteiger partial charge in [0.25, 0.3) is 0 Å². The minimum Gasteiger partial charge on any atom is -0.455 e. The van der Waals surface area contributed by atoms with Gasteiger partial charge in [0.05, 0.1) is 0 Å². The van der Waals surface area contributed by atoms with Crippen LogP contribution in [-0.2, 0) is 0 Å². The van der Waals surface area contributed by atoms with Crippen molar-refractivity contribution < 1.29 is 4.42 Å². The molecule has 258 valence electrons. The van der Waals surface area contributed by atoms with Crippen LogP contribution in [0.1, 0.15) is 18.2 Å². The van der Waals surface area contributed by atoms with Gasteiger partial charge in [0.2, 0.25) is 0 Å². The minimum absolute atomic E-state index is 0.0265. The predicted molar refractivity (Wildman–Crippen MR) is 226 cm³/mol. The molecule has 4 heteroatoms. The highest BCUT2D eigenvalue weighted by Crippen LogP contribution is 2.43. The second-order valence-electron chi connectivity index (χ2n) is 14.4. The highest BCUT2D eigenvalue weighted by molar-refractivity contribution is 6.16. The number of benzene rings is 8. The molecule has 2 heterocycles. The van der Waals surface area contributed by atoms with E-state index in [1.807, 2.05) is 6.07 Å². The largest absolute Gasteiger partial charge is 0.455 e. The van der Waals surface area contributed by atoms with E-state index in [0.717, 1.165) is 73.0 Å². The molecule has 1 aliphatic rings. The van der Waals surface area contributed by atoms with Crippen molar-refractivity contribution in [3.05, 3.63) is 186 Å². The summed E-state index contributed by atoms with van der Waals surface area (Å²) in [7, 11) is 0. The van der Waals surface area contributed by atoms with Crippen LogP contribution >= 0.6 is 0 Å². The van der Waals surface area contributed by atoms with Crippen LogP contribution in [-0.4, -0.2) is 15.0 Å². The number of hydrogen-bond acceptors (Lipinski definition) is 4. The molecule has 1 atom stereocenters. The fraction of sp³-hybridized carbons (Fsp3) is 0.0392. The first kappa shape index (κ1) is 31.4. The Morgan fingerprint density at radius 2 is 1.05 bits per heavy atom. The first-order chi connectivity index (χ1) is 27.2. The molecule has 0 saturated carbocycles. The molecule has 11 rings (SSSR count). The summed E-state index contributed by atoms with van der Waals surface area (Å²) in [6, 6.07) is 59.8. The lowest BCUT2D eigenvalue weighted by Crippen LogP contribution is -2.28. The summed E-state index contributed by atoms with van der Waals surface area (Å²) in [4.78, 5) is 15.5. The van der Waals surface area contributed by atoms with E-state index in [1.54, 1.807) is 0 Å². The molecule has 8 aromatic carbocycles. The van der Waals surface area contributed by atoms with Crippen LogP contribution in [0, 0.1) is 0 Å². The Balaban J connectivity index is 1.08. The molecule has 0 amide bonds. The van der Waals surface area contributed by atoms with Crippen molar-refractivity contribution in [1.82, 2.24) is 15.0 Å². The van der Waals surface area contributed by atoms with E-state index < -0.39 is 0 Å². The second-order valence-corrected chi connectivity index (χ2v) is 14.4. The van der Waals surface area contributed by atoms with Gasteiger partial charge in [-0.15, -0.1) is 0 Å². The first-order valence-corrected chi connectivity index (χ1v) is 18.8.